The van der Waals surface area contributed by atoms with Crippen LogP contribution < -0.4 is 10.6 Å². The third-order valence-electron chi connectivity index (χ3n) is 2.40. The topological polar surface area (TPSA) is 107 Å². The molecule has 0 spiro atoms. The molecule has 0 aliphatic rings. The molecule has 2 atom stereocenters. The fourth-order valence-corrected chi connectivity index (χ4v) is 1.61. The minimum Gasteiger partial charge on any atom is -0.480 e. The van der Waals surface area contributed by atoms with E-state index in [9.17, 15) is 9.59 Å². The fraction of sp³-hybridized carbons (Fsp3) is 0.545. The highest BCUT2D eigenvalue weighted by Gasteiger charge is 2.20. The summed E-state index contributed by atoms with van der Waals surface area (Å²) in [5.41, 5.74) is 0.662. The van der Waals surface area contributed by atoms with Crippen molar-refractivity contribution in [3.05, 3.63) is 18.2 Å². The van der Waals surface area contributed by atoms with Gasteiger partial charge in [-0.1, -0.05) is 0 Å². The number of hydrogen-bond donors (Lipinski definition) is 5. The Morgan fingerprint density at radius 1 is 1.58 bits per heavy atom. The molecular formula is C11H18N4O3S. The molecule has 0 saturated heterocycles. The Morgan fingerprint density at radius 2 is 2.32 bits per heavy atom. The number of nitrogens with zero attached hydrogens (tertiary/aromatic N) is 1. The first kappa shape index (κ1) is 15.5. The number of aromatic amines is 1. The Labute approximate surface area is 116 Å². The minimum absolute atomic E-state index is 0.00642. The van der Waals surface area contributed by atoms with E-state index in [0.717, 1.165) is 0 Å². The highest BCUT2D eigenvalue weighted by Crippen LogP contribution is 1.99. The zero-order valence-electron chi connectivity index (χ0n) is 10.6. The zero-order chi connectivity index (χ0) is 14.3. The standard InChI is InChI=1S/C11H18N4O3S/c1-7(19)13-3-2-10(16)15-9(11(17)18)4-8-5-12-6-14-8/h5-7,9,13,19H,2-4H2,1H3,(H,12,14)(H,15,16)(H,17,18). The van der Waals surface area contributed by atoms with Crippen LogP contribution in [0.3, 0.4) is 0 Å². The Hall–Kier alpha value is -1.54. The summed E-state index contributed by atoms with van der Waals surface area (Å²) in [6.07, 6.45) is 3.38. The van der Waals surface area contributed by atoms with Crippen LogP contribution in [0, 0.1) is 0 Å². The molecule has 4 N–H and O–H groups in total. The predicted molar refractivity (Wildman–Crippen MR) is 72.9 cm³/mol. The second-order valence-electron chi connectivity index (χ2n) is 4.12. The van der Waals surface area contributed by atoms with E-state index >= 15 is 0 Å². The normalized spacial score (nSPS) is 13.8. The van der Waals surface area contributed by atoms with Gasteiger partial charge in [-0.15, -0.1) is 0 Å². The van der Waals surface area contributed by atoms with Crippen LogP contribution in [0.2, 0.25) is 0 Å². The minimum atomic E-state index is -1.07. The molecule has 0 aliphatic heterocycles. The number of carbonyl (C=O) groups excluding carboxylic acids is 1. The van der Waals surface area contributed by atoms with E-state index in [-0.39, 0.29) is 24.1 Å². The van der Waals surface area contributed by atoms with Crippen molar-refractivity contribution in [2.75, 3.05) is 6.54 Å². The Bertz CT molecular complexity index is 408. The van der Waals surface area contributed by atoms with Gasteiger partial charge in [0.1, 0.15) is 6.04 Å². The smallest absolute Gasteiger partial charge is 0.326 e. The maximum absolute atomic E-state index is 11.6. The van der Waals surface area contributed by atoms with Gasteiger partial charge in [0, 0.05) is 36.7 Å². The van der Waals surface area contributed by atoms with E-state index < -0.39 is 12.0 Å². The Morgan fingerprint density at radius 3 is 2.84 bits per heavy atom. The van der Waals surface area contributed by atoms with Crippen LogP contribution in [0.1, 0.15) is 19.0 Å². The first-order valence-corrected chi connectivity index (χ1v) is 6.41. The number of amides is 1. The molecule has 0 fully saturated rings. The maximum Gasteiger partial charge on any atom is 0.326 e. The van der Waals surface area contributed by atoms with Gasteiger partial charge in [0.15, 0.2) is 0 Å². The maximum atomic E-state index is 11.6. The molecule has 1 aromatic rings. The molecule has 0 bridgehead atoms. The zero-order valence-corrected chi connectivity index (χ0v) is 11.5. The number of thiol groups is 1. The molecule has 0 aromatic carbocycles. The second kappa shape index (κ2) is 7.80. The number of hydrogen-bond acceptors (Lipinski definition) is 5. The van der Waals surface area contributed by atoms with Crippen molar-refractivity contribution in [2.45, 2.75) is 31.2 Å². The summed E-state index contributed by atoms with van der Waals surface area (Å²) in [5, 5.41) is 14.5. The van der Waals surface area contributed by atoms with Gasteiger partial charge in [0.25, 0.3) is 0 Å². The molecule has 0 radical (unpaired) electrons. The van der Waals surface area contributed by atoms with Crippen molar-refractivity contribution in [1.82, 2.24) is 20.6 Å². The number of imidazole rings is 1. The van der Waals surface area contributed by atoms with E-state index in [1.165, 1.54) is 12.5 Å². The number of H-pyrrole nitrogens is 1. The molecule has 7 nitrogen and oxygen atoms in total. The van der Waals surface area contributed by atoms with E-state index in [1.807, 2.05) is 6.92 Å². The Kier molecular flexibility index (Phi) is 6.37. The average molecular weight is 286 g/mol. The van der Waals surface area contributed by atoms with Gasteiger partial charge in [0.2, 0.25) is 5.91 Å². The molecule has 1 amide bonds. The lowest BCUT2D eigenvalue weighted by Gasteiger charge is -2.14. The van der Waals surface area contributed by atoms with Gasteiger partial charge in [-0.3, -0.25) is 4.79 Å². The molecule has 2 unspecified atom stereocenters. The van der Waals surface area contributed by atoms with E-state index in [2.05, 4.69) is 33.2 Å². The lowest BCUT2D eigenvalue weighted by molar-refractivity contribution is -0.141. The van der Waals surface area contributed by atoms with Crippen LogP contribution >= 0.6 is 12.6 Å². The lowest BCUT2D eigenvalue weighted by atomic mass is 10.1. The van der Waals surface area contributed by atoms with Crippen LogP contribution in [0.4, 0.5) is 0 Å². The molecular weight excluding hydrogens is 268 g/mol. The number of rotatable bonds is 8. The number of carboxylic acid groups (broad SMARTS) is 1. The lowest BCUT2D eigenvalue weighted by Crippen LogP contribution is -2.43. The fourth-order valence-electron chi connectivity index (χ4n) is 1.48. The van der Waals surface area contributed by atoms with Gasteiger partial charge in [0.05, 0.1) is 6.33 Å². The van der Waals surface area contributed by atoms with Gasteiger partial charge >= 0.3 is 5.97 Å². The molecule has 19 heavy (non-hydrogen) atoms. The summed E-state index contributed by atoms with van der Waals surface area (Å²) in [5.74, 6) is -1.38. The SMILES string of the molecule is CC(S)NCCC(=O)NC(Cc1cnc[nH]1)C(=O)O. The van der Waals surface area contributed by atoms with E-state index in [4.69, 9.17) is 5.11 Å². The van der Waals surface area contributed by atoms with Crippen molar-refractivity contribution in [1.29, 1.82) is 0 Å². The molecule has 8 heteroatoms. The summed E-state index contributed by atoms with van der Waals surface area (Å²) in [7, 11) is 0. The van der Waals surface area contributed by atoms with Crippen LogP contribution in [0.15, 0.2) is 12.5 Å². The predicted octanol–water partition coefficient (Wildman–Crippen LogP) is -0.223. The molecule has 0 aliphatic carbocycles. The van der Waals surface area contributed by atoms with Crippen molar-refractivity contribution >= 4 is 24.5 Å². The summed E-state index contributed by atoms with van der Waals surface area (Å²) in [4.78, 5) is 29.3. The van der Waals surface area contributed by atoms with Crippen LogP contribution in [-0.4, -0.2) is 44.9 Å². The Balaban J connectivity index is 2.40. The third-order valence-corrected chi connectivity index (χ3v) is 2.59. The highest BCUT2D eigenvalue weighted by molar-refractivity contribution is 7.80. The van der Waals surface area contributed by atoms with Crippen LogP contribution in [-0.2, 0) is 16.0 Å². The van der Waals surface area contributed by atoms with Gasteiger partial charge < -0.3 is 20.7 Å². The van der Waals surface area contributed by atoms with Crippen molar-refractivity contribution in [2.24, 2.45) is 0 Å². The average Bonchev–Trinajstić information content (AvgIpc) is 2.80. The first-order valence-electron chi connectivity index (χ1n) is 5.90. The number of aromatic nitrogens is 2. The molecule has 1 aromatic heterocycles. The summed E-state index contributed by atoms with van der Waals surface area (Å²) in [6, 6.07) is -0.957. The highest BCUT2D eigenvalue weighted by atomic mass is 32.1. The van der Waals surface area contributed by atoms with Gasteiger partial charge in [-0.25, -0.2) is 9.78 Å². The van der Waals surface area contributed by atoms with Crippen molar-refractivity contribution < 1.29 is 14.7 Å². The largest absolute Gasteiger partial charge is 0.480 e. The molecule has 1 rings (SSSR count). The number of aliphatic carboxylic acids is 1. The quantitative estimate of drug-likeness (QED) is 0.335. The van der Waals surface area contributed by atoms with E-state index in [0.29, 0.717) is 12.2 Å². The van der Waals surface area contributed by atoms with Gasteiger partial charge in [-0.05, 0) is 6.92 Å². The molecule has 106 valence electrons. The summed E-state index contributed by atoms with van der Waals surface area (Å²) < 4.78 is 0. The molecule has 0 saturated carbocycles. The number of nitrogens with one attached hydrogen (secondary N) is 3. The monoisotopic (exact) mass is 286 g/mol. The summed E-state index contributed by atoms with van der Waals surface area (Å²) in [6.45, 7) is 2.30. The van der Waals surface area contributed by atoms with Gasteiger partial charge in [-0.2, -0.15) is 12.6 Å². The van der Waals surface area contributed by atoms with Crippen molar-refractivity contribution in [3.8, 4) is 0 Å². The summed E-state index contributed by atoms with van der Waals surface area (Å²) >= 11 is 4.11. The first-order chi connectivity index (χ1) is 8.99. The molecule has 1 heterocycles. The van der Waals surface area contributed by atoms with Crippen LogP contribution in [0.25, 0.3) is 0 Å². The van der Waals surface area contributed by atoms with Crippen molar-refractivity contribution in [3.63, 3.8) is 0 Å². The van der Waals surface area contributed by atoms with Crippen LogP contribution in [0.5, 0.6) is 0 Å². The number of carbonyl (C=O) groups is 2. The van der Waals surface area contributed by atoms with E-state index in [1.54, 1.807) is 0 Å². The number of carboxylic acids is 1. The third kappa shape index (κ3) is 6.25. The second-order valence-corrected chi connectivity index (χ2v) is 4.89.